The molecule has 0 N–H and O–H groups in total. The van der Waals surface area contributed by atoms with Gasteiger partial charge in [-0.15, -0.1) is 0 Å². The highest BCUT2D eigenvalue weighted by Crippen LogP contribution is 2.15. The Morgan fingerprint density at radius 2 is 0.482 bits per heavy atom. The van der Waals surface area contributed by atoms with Crippen molar-refractivity contribution in [3.63, 3.8) is 0 Å². The number of hydrogen-bond donors (Lipinski definition) is 0. The molecule has 1 unspecified atom stereocenters. The first kappa shape index (κ1) is 78.3. The molecule has 6 nitrogen and oxygen atoms in total. The third-order valence-electron chi connectivity index (χ3n) is 14.3. The zero-order valence-corrected chi connectivity index (χ0v) is 53.9. The van der Waals surface area contributed by atoms with Gasteiger partial charge in [0.05, 0.1) is 0 Å². The zero-order chi connectivity index (χ0) is 59.9. The van der Waals surface area contributed by atoms with Crippen molar-refractivity contribution < 1.29 is 28.6 Å². The zero-order valence-electron chi connectivity index (χ0n) is 53.9. The number of ether oxygens (including phenoxy) is 3. The highest BCUT2D eigenvalue weighted by molar-refractivity contribution is 5.71. The van der Waals surface area contributed by atoms with Crippen LogP contribution in [0.15, 0.2) is 146 Å². The van der Waals surface area contributed by atoms with Gasteiger partial charge >= 0.3 is 17.9 Å². The molecular weight excluding hydrogens is 1020 g/mol. The van der Waals surface area contributed by atoms with Crippen LogP contribution in [0, 0.1) is 0 Å². The standard InChI is InChI=1S/C77H126O6/c1-4-7-10-13-16-19-22-25-28-30-32-34-35-36-37-38-39-40-41-43-44-46-49-52-55-58-61-64-67-70-76(79)82-73-74(72-81-75(78)69-66-63-60-57-54-51-48-27-24-21-18-15-12-9-6-3)83-77(80)71-68-65-62-59-56-53-50-47-45-42-33-31-29-26-23-20-17-14-11-8-5-2/h7,10,16,19,23,25-28,31-34,36-37,39-40,43-44,48-49,52,58,61,74H,4-6,8-9,11-15,17-18,20-22,24,29-30,35,38,41-42,45-47,50-51,53-57,59-60,62-73H2,1-3H3/b10-7-,19-16-,26-23-,28-25-,33-31-,34-32-,37-36-,40-39-,44-43-,48-27-,52-49-,61-58-. The van der Waals surface area contributed by atoms with Crippen LogP contribution in [-0.2, 0) is 28.6 Å². The molecule has 0 rings (SSSR count). The van der Waals surface area contributed by atoms with E-state index >= 15 is 0 Å². The number of esters is 3. The summed E-state index contributed by atoms with van der Waals surface area (Å²) in [4.78, 5) is 38.4. The first-order valence-electron chi connectivity index (χ1n) is 34.3. The Kier molecular flexibility index (Phi) is 65.8. The topological polar surface area (TPSA) is 78.9 Å². The average Bonchev–Trinajstić information content (AvgIpc) is 3.49. The van der Waals surface area contributed by atoms with Gasteiger partial charge in [-0.3, -0.25) is 14.4 Å². The Bertz CT molecular complexity index is 1800. The lowest BCUT2D eigenvalue weighted by Crippen LogP contribution is -2.30. The number of rotatable bonds is 61. The fourth-order valence-electron chi connectivity index (χ4n) is 9.18. The molecular formula is C77H126O6. The largest absolute Gasteiger partial charge is 0.462 e. The molecule has 0 saturated carbocycles. The maximum absolute atomic E-state index is 12.9. The quantitative estimate of drug-likeness (QED) is 0.0261. The number of unbranched alkanes of at least 4 members (excludes halogenated alkanes) is 26. The van der Waals surface area contributed by atoms with Crippen LogP contribution < -0.4 is 0 Å². The molecule has 0 aliphatic rings. The minimum Gasteiger partial charge on any atom is -0.462 e. The third-order valence-corrected chi connectivity index (χ3v) is 14.3. The number of carbonyl (C=O) groups is 3. The van der Waals surface area contributed by atoms with E-state index in [9.17, 15) is 14.4 Å². The second kappa shape index (κ2) is 69.8. The van der Waals surface area contributed by atoms with Gasteiger partial charge < -0.3 is 14.2 Å². The molecule has 0 aromatic carbocycles. The Morgan fingerprint density at radius 1 is 0.253 bits per heavy atom. The maximum Gasteiger partial charge on any atom is 0.306 e. The smallest absolute Gasteiger partial charge is 0.306 e. The van der Waals surface area contributed by atoms with E-state index in [-0.39, 0.29) is 37.5 Å². The van der Waals surface area contributed by atoms with E-state index in [1.54, 1.807) is 0 Å². The molecule has 1 atom stereocenters. The van der Waals surface area contributed by atoms with Crippen molar-refractivity contribution in [2.75, 3.05) is 13.2 Å². The van der Waals surface area contributed by atoms with Gasteiger partial charge in [0.15, 0.2) is 6.10 Å². The minimum atomic E-state index is -0.815. The van der Waals surface area contributed by atoms with Crippen molar-refractivity contribution in [2.24, 2.45) is 0 Å². The monoisotopic (exact) mass is 1150 g/mol. The van der Waals surface area contributed by atoms with E-state index in [0.29, 0.717) is 19.3 Å². The van der Waals surface area contributed by atoms with Crippen molar-refractivity contribution >= 4 is 17.9 Å². The summed E-state index contributed by atoms with van der Waals surface area (Å²) in [6, 6.07) is 0. The van der Waals surface area contributed by atoms with E-state index < -0.39 is 6.10 Å². The molecule has 0 amide bonds. The molecule has 0 radical (unpaired) electrons. The lowest BCUT2D eigenvalue weighted by atomic mass is 10.1. The number of allylic oxidation sites excluding steroid dienone is 24. The van der Waals surface area contributed by atoms with Gasteiger partial charge in [0, 0.05) is 19.3 Å². The SMILES string of the molecule is CC/C=C\C/C=C\C/C=C\C/C=C\C/C=C\C/C=C\C/C=C\C/C=C\C/C=C\CCCC(=O)OCC(COC(=O)CCCCCCC/C=C\CCCCCCCC)OC(=O)CCCCCCCCCCC/C=C\C/C=C\CCCCCCC. The molecule has 0 aliphatic carbocycles. The fraction of sp³-hybridized carbons (Fsp3) is 0.649. The summed E-state index contributed by atoms with van der Waals surface area (Å²) < 4.78 is 16.9. The lowest BCUT2D eigenvalue weighted by molar-refractivity contribution is -0.167. The van der Waals surface area contributed by atoms with Gasteiger partial charge in [0.1, 0.15) is 13.2 Å². The Hall–Kier alpha value is -4.71. The molecule has 0 aromatic heterocycles. The van der Waals surface area contributed by atoms with Crippen molar-refractivity contribution in [1.82, 2.24) is 0 Å². The van der Waals surface area contributed by atoms with E-state index in [2.05, 4.69) is 167 Å². The molecule has 0 bridgehead atoms. The first-order valence-corrected chi connectivity index (χ1v) is 34.3. The van der Waals surface area contributed by atoms with Gasteiger partial charge in [-0.05, 0) is 141 Å². The number of hydrogen-bond acceptors (Lipinski definition) is 6. The van der Waals surface area contributed by atoms with Crippen molar-refractivity contribution in [3.8, 4) is 0 Å². The van der Waals surface area contributed by atoms with Crippen LogP contribution in [0.2, 0.25) is 0 Å². The van der Waals surface area contributed by atoms with Crippen LogP contribution in [0.25, 0.3) is 0 Å². The van der Waals surface area contributed by atoms with Crippen LogP contribution in [-0.4, -0.2) is 37.2 Å². The maximum atomic E-state index is 12.9. The van der Waals surface area contributed by atoms with Crippen LogP contribution in [0.4, 0.5) is 0 Å². The second-order valence-corrected chi connectivity index (χ2v) is 22.3. The molecule has 470 valence electrons. The average molecular weight is 1150 g/mol. The van der Waals surface area contributed by atoms with Gasteiger partial charge in [-0.2, -0.15) is 0 Å². The predicted octanol–water partition coefficient (Wildman–Crippen LogP) is 23.9. The van der Waals surface area contributed by atoms with E-state index in [1.807, 2.05) is 0 Å². The lowest BCUT2D eigenvalue weighted by Gasteiger charge is -2.18. The Balaban J connectivity index is 4.48. The molecule has 6 heteroatoms. The Morgan fingerprint density at radius 3 is 0.795 bits per heavy atom. The van der Waals surface area contributed by atoms with Gasteiger partial charge in [-0.1, -0.05) is 289 Å². The van der Waals surface area contributed by atoms with E-state index in [4.69, 9.17) is 14.2 Å². The van der Waals surface area contributed by atoms with Gasteiger partial charge in [-0.25, -0.2) is 0 Å². The summed E-state index contributed by atoms with van der Waals surface area (Å²) >= 11 is 0. The molecule has 83 heavy (non-hydrogen) atoms. The summed E-state index contributed by atoms with van der Waals surface area (Å²) in [5.74, 6) is -0.976. The van der Waals surface area contributed by atoms with Crippen LogP contribution >= 0.6 is 0 Å². The van der Waals surface area contributed by atoms with Gasteiger partial charge in [0.2, 0.25) is 0 Å². The van der Waals surface area contributed by atoms with Crippen molar-refractivity contribution in [2.45, 2.75) is 309 Å². The third kappa shape index (κ3) is 68.0. The molecule has 0 heterocycles. The molecule has 0 aliphatic heterocycles. The summed E-state index contributed by atoms with van der Waals surface area (Å²) in [6.07, 6.45) is 100. The van der Waals surface area contributed by atoms with E-state index in [1.165, 1.54) is 135 Å². The molecule has 0 spiro atoms. The van der Waals surface area contributed by atoms with E-state index in [0.717, 1.165) is 122 Å². The predicted molar refractivity (Wildman–Crippen MR) is 362 cm³/mol. The Labute approximate surface area is 512 Å². The first-order chi connectivity index (χ1) is 41.0. The summed E-state index contributed by atoms with van der Waals surface area (Å²) in [7, 11) is 0. The summed E-state index contributed by atoms with van der Waals surface area (Å²) in [5.41, 5.74) is 0. The van der Waals surface area contributed by atoms with Crippen LogP contribution in [0.5, 0.6) is 0 Å². The highest BCUT2D eigenvalue weighted by atomic mass is 16.6. The fourth-order valence-corrected chi connectivity index (χ4v) is 9.18. The van der Waals surface area contributed by atoms with Crippen LogP contribution in [0.1, 0.15) is 303 Å². The van der Waals surface area contributed by atoms with Crippen LogP contribution in [0.3, 0.4) is 0 Å². The molecule has 0 saturated heterocycles. The normalized spacial score (nSPS) is 13.0. The van der Waals surface area contributed by atoms with Crippen molar-refractivity contribution in [3.05, 3.63) is 146 Å². The minimum absolute atomic E-state index is 0.106. The summed E-state index contributed by atoms with van der Waals surface area (Å²) in [5, 5.41) is 0. The van der Waals surface area contributed by atoms with Crippen molar-refractivity contribution in [1.29, 1.82) is 0 Å². The summed E-state index contributed by atoms with van der Waals surface area (Å²) in [6.45, 7) is 6.47. The highest BCUT2D eigenvalue weighted by Gasteiger charge is 2.19. The molecule has 0 aromatic rings. The second-order valence-electron chi connectivity index (χ2n) is 22.3. The number of carbonyl (C=O) groups excluding carboxylic acids is 3. The molecule has 0 fully saturated rings. The van der Waals surface area contributed by atoms with Gasteiger partial charge in [0.25, 0.3) is 0 Å².